The molecule has 118 valence electrons. The lowest BCUT2D eigenvalue weighted by molar-refractivity contribution is -0.120. The SMILES string of the molecule is CCNS(=O)(=O)c1ccc(NC(=O)[C@@H]2C[C@H]3C=C[C@@H]2C3)cc1. The number of fused-ring (bicyclic) bond motifs is 2. The highest BCUT2D eigenvalue weighted by atomic mass is 32.2. The third kappa shape index (κ3) is 2.94. The Bertz CT molecular complexity index is 695. The van der Waals surface area contributed by atoms with Gasteiger partial charge in [0.25, 0.3) is 0 Å². The first-order chi connectivity index (χ1) is 10.5. The molecule has 0 unspecified atom stereocenters. The van der Waals surface area contributed by atoms with E-state index in [2.05, 4.69) is 22.2 Å². The van der Waals surface area contributed by atoms with Gasteiger partial charge in [-0.15, -0.1) is 0 Å². The summed E-state index contributed by atoms with van der Waals surface area (Å²) in [4.78, 5) is 12.5. The van der Waals surface area contributed by atoms with Crippen molar-refractivity contribution < 1.29 is 13.2 Å². The lowest BCUT2D eigenvalue weighted by Gasteiger charge is -2.17. The molecule has 6 heteroatoms. The first-order valence-electron chi connectivity index (χ1n) is 7.58. The van der Waals surface area contributed by atoms with Crippen LogP contribution in [0.15, 0.2) is 41.3 Å². The van der Waals surface area contributed by atoms with Gasteiger partial charge in [-0.05, 0) is 48.9 Å². The molecule has 1 amide bonds. The van der Waals surface area contributed by atoms with E-state index in [9.17, 15) is 13.2 Å². The predicted octanol–water partition coefficient (Wildman–Crippen LogP) is 2.14. The molecule has 2 bridgehead atoms. The Morgan fingerprint density at radius 3 is 2.45 bits per heavy atom. The van der Waals surface area contributed by atoms with Gasteiger partial charge in [0, 0.05) is 18.2 Å². The summed E-state index contributed by atoms with van der Waals surface area (Å²) in [6, 6.07) is 6.28. The van der Waals surface area contributed by atoms with Gasteiger partial charge in [0.1, 0.15) is 0 Å². The van der Waals surface area contributed by atoms with Gasteiger partial charge in [0.2, 0.25) is 15.9 Å². The summed E-state index contributed by atoms with van der Waals surface area (Å²) in [7, 11) is -3.45. The van der Waals surface area contributed by atoms with E-state index in [0.29, 0.717) is 24.1 Å². The van der Waals surface area contributed by atoms with Crippen molar-refractivity contribution in [2.24, 2.45) is 17.8 Å². The van der Waals surface area contributed by atoms with Crippen LogP contribution in [0.5, 0.6) is 0 Å². The number of anilines is 1. The van der Waals surface area contributed by atoms with Crippen LogP contribution in [0, 0.1) is 17.8 Å². The molecule has 5 nitrogen and oxygen atoms in total. The van der Waals surface area contributed by atoms with Crippen molar-refractivity contribution >= 4 is 21.6 Å². The number of amides is 1. The Morgan fingerprint density at radius 1 is 1.18 bits per heavy atom. The molecule has 22 heavy (non-hydrogen) atoms. The average molecular weight is 320 g/mol. The molecule has 1 aromatic carbocycles. The lowest BCUT2D eigenvalue weighted by atomic mass is 9.93. The van der Waals surface area contributed by atoms with Crippen molar-refractivity contribution in [2.45, 2.75) is 24.7 Å². The maximum absolute atomic E-state index is 12.3. The van der Waals surface area contributed by atoms with Crippen LogP contribution < -0.4 is 10.0 Å². The van der Waals surface area contributed by atoms with E-state index in [-0.39, 0.29) is 16.7 Å². The average Bonchev–Trinajstić information content (AvgIpc) is 3.10. The molecule has 2 N–H and O–H groups in total. The topological polar surface area (TPSA) is 75.3 Å². The van der Waals surface area contributed by atoms with Crippen LogP contribution in [0.3, 0.4) is 0 Å². The second kappa shape index (κ2) is 5.85. The van der Waals surface area contributed by atoms with Crippen LogP contribution >= 0.6 is 0 Å². The summed E-state index contributed by atoms with van der Waals surface area (Å²) in [6.45, 7) is 2.08. The third-order valence-corrected chi connectivity index (χ3v) is 5.94. The standard InChI is InChI=1S/C16H20N2O3S/c1-2-17-22(20,21)14-7-5-13(6-8-14)18-16(19)15-10-11-3-4-12(15)9-11/h3-8,11-12,15,17H,2,9-10H2,1H3,(H,18,19)/t11-,12+,15+/m0/s1. The number of carbonyl (C=O) groups excluding carboxylic acids is 1. The molecular weight excluding hydrogens is 300 g/mol. The van der Waals surface area contributed by atoms with Crippen molar-refractivity contribution in [2.75, 3.05) is 11.9 Å². The van der Waals surface area contributed by atoms with E-state index in [1.54, 1.807) is 19.1 Å². The Balaban J connectivity index is 1.66. The number of allylic oxidation sites excluding steroid dienone is 2. The highest BCUT2D eigenvalue weighted by molar-refractivity contribution is 7.89. The van der Waals surface area contributed by atoms with E-state index >= 15 is 0 Å². The van der Waals surface area contributed by atoms with Crippen LogP contribution in [0.25, 0.3) is 0 Å². The summed E-state index contributed by atoms with van der Waals surface area (Å²) in [5.41, 5.74) is 0.632. The number of sulfonamides is 1. The van der Waals surface area contributed by atoms with Crippen LogP contribution in [-0.4, -0.2) is 20.9 Å². The molecule has 0 radical (unpaired) electrons. The van der Waals surface area contributed by atoms with Crippen molar-refractivity contribution in [1.29, 1.82) is 0 Å². The summed E-state index contributed by atoms with van der Waals surface area (Å²) in [5, 5.41) is 2.89. The largest absolute Gasteiger partial charge is 0.326 e. The van der Waals surface area contributed by atoms with E-state index < -0.39 is 10.0 Å². The zero-order valence-electron chi connectivity index (χ0n) is 12.5. The van der Waals surface area contributed by atoms with E-state index in [4.69, 9.17) is 0 Å². The van der Waals surface area contributed by atoms with E-state index in [0.717, 1.165) is 12.8 Å². The van der Waals surface area contributed by atoms with Gasteiger partial charge in [-0.2, -0.15) is 0 Å². The minimum atomic E-state index is -3.45. The zero-order chi connectivity index (χ0) is 15.7. The van der Waals surface area contributed by atoms with Crippen molar-refractivity contribution in [3.8, 4) is 0 Å². The fourth-order valence-electron chi connectivity index (χ4n) is 3.31. The highest BCUT2D eigenvalue weighted by Gasteiger charge is 2.39. The smallest absolute Gasteiger partial charge is 0.240 e. The van der Waals surface area contributed by atoms with Gasteiger partial charge in [-0.25, -0.2) is 13.1 Å². The second-order valence-electron chi connectivity index (χ2n) is 5.90. The maximum atomic E-state index is 12.3. The minimum Gasteiger partial charge on any atom is -0.326 e. The number of carbonyl (C=O) groups is 1. The lowest BCUT2D eigenvalue weighted by Crippen LogP contribution is -2.26. The third-order valence-electron chi connectivity index (χ3n) is 4.38. The van der Waals surface area contributed by atoms with Gasteiger partial charge < -0.3 is 5.32 Å². The Hall–Kier alpha value is -1.66. The summed E-state index contributed by atoms with van der Waals surface area (Å²) >= 11 is 0. The minimum absolute atomic E-state index is 0.0270. The van der Waals surface area contributed by atoms with Gasteiger partial charge in [-0.3, -0.25) is 4.79 Å². The number of nitrogens with one attached hydrogen (secondary N) is 2. The molecular formula is C16H20N2O3S. The van der Waals surface area contributed by atoms with Crippen molar-refractivity contribution in [3.63, 3.8) is 0 Å². The number of hydrogen-bond donors (Lipinski definition) is 2. The molecule has 3 rings (SSSR count). The molecule has 1 saturated carbocycles. The van der Waals surface area contributed by atoms with E-state index in [1.807, 2.05) is 0 Å². The summed E-state index contributed by atoms with van der Waals surface area (Å²) in [5.74, 6) is 0.978. The fourth-order valence-corrected chi connectivity index (χ4v) is 4.35. The van der Waals surface area contributed by atoms with Crippen LogP contribution in [0.1, 0.15) is 19.8 Å². The van der Waals surface area contributed by atoms with Crippen LogP contribution in [0.4, 0.5) is 5.69 Å². The maximum Gasteiger partial charge on any atom is 0.240 e. The molecule has 3 atom stereocenters. The van der Waals surface area contributed by atoms with Crippen LogP contribution in [-0.2, 0) is 14.8 Å². The molecule has 2 aliphatic carbocycles. The molecule has 0 spiro atoms. The Morgan fingerprint density at radius 2 is 1.91 bits per heavy atom. The number of rotatable bonds is 5. The number of hydrogen-bond acceptors (Lipinski definition) is 3. The molecule has 1 aromatic rings. The van der Waals surface area contributed by atoms with Crippen molar-refractivity contribution in [1.82, 2.24) is 4.72 Å². The first-order valence-corrected chi connectivity index (χ1v) is 9.07. The zero-order valence-corrected chi connectivity index (χ0v) is 13.3. The molecule has 0 heterocycles. The van der Waals surface area contributed by atoms with Gasteiger partial charge in [0.05, 0.1) is 4.90 Å². The molecule has 0 aliphatic heterocycles. The van der Waals surface area contributed by atoms with Gasteiger partial charge >= 0.3 is 0 Å². The molecule has 0 aromatic heterocycles. The Kier molecular flexibility index (Phi) is 4.06. The molecule has 2 aliphatic rings. The quantitative estimate of drug-likeness (QED) is 0.816. The molecule has 0 saturated heterocycles. The Labute approximate surface area is 130 Å². The highest BCUT2D eigenvalue weighted by Crippen LogP contribution is 2.43. The van der Waals surface area contributed by atoms with Crippen LogP contribution in [0.2, 0.25) is 0 Å². The van der Waals surface area contributed by atoms with Crippen molar-refractivity contribution in [3.05, 3.63) is 36.4 Å². The monoisotopic (exact) mass is 320 g/mol. The number of benzene rings is 1. The summed E-state index contributed by atoms with van der Waals surface area (Å²) < 4.78 is 26.1. The fraction of sp³-hybridized carbons (Fsp3) is 0.438. The first kappa shape index (κ1) is 15.2. The normalized spacial score (nSPS) is 26.3. The second-order valence-corrected chi connectivity index (χ2v) is 7.67. The van der Waals surface area contributed by atoms with E-state index in [1.165, 1.54) is 12.1 Å². The van der Waals surface area contributed by atoms with Gasteiger partial charge in [0.15, 0.2) is 0 Å². The molecule has 1 fully saturated rings. The van der Waals surface area contributed by atoms with Gasteiger partial charge in [-0.1, -0.05) is 19.1 Å². The summed E-state index contributed by atoms with van der Waals surface area (Å²) in [6.07, 6.45) is 6.34. The predicted molar refractivity (Wildman–Crippen MR) is 84.8 cm³/mol.